The third-order valence-corrected chi connectivity index (χ3v) is 16.0. The minimum atomic E-state index is -3.61. The molecule has 6 rings (SSSR count). The van der Waals surface area contributed by atoms with E-state index in [9.17, 15) is 26.4 Å². The largest absolute Gasteiger partial charge is 0.326 e. The number of nitrogens with zero attached hydrogens (tertiary/aromatic N) is 2. The van der Waals surface area contributed by atoms with Crippen LogP contribution in [0.15, 0.2) is 81.2 Å². The molecule has 4 heterocycles. The number of halogens is 2. The van der Waals surface area contributed by atoms with Crippen molar-refractivity contribution in [3.8, 4) is 0 Å². The zero-order valence-corrected chi connectivity index (χ0v) is 31.0. The topological polar surface area (TPSA) is 133 Å². The van der Waals surface area contributed by atoms with Crippen LogP contribution < -0.4 is 10.6 Å². The van der Waals surface area contributed by atoms with Crippen molar-refractivity contribution in [1.82, 2.24) is 8.61 Å². The highest BCUT2D eigenvalue weighted by molar-refractivity contribution is 7.91. The van der Waals surface area contributed by atoms with Crippen molar-refractivity contribution < 1.29 is 26.4 Å². The van der Waals surface area contributed by atoms with Crippen molar-refractivity contribution in [2.75, 3.05) is 36.8 Å². The van der Waals surface area contributed by atoms with Gasteiger partial charge < -0.3 is 10.6 Å². The van der Waals surface area contributed by atoms with Gasteiger partial charge >= 0.3 is 0 Å². The molecule has 2 N–H and O–H groups in total. The number of hydrogen-bond acceptors (Lipinski definition) is 8. The Morgan fingerprint density at radius 1 is 0.592 bits per heavy atom. The molecule has 2 saturated heterocycles. The second-order valence-corrected chi connectivity index (χ2v) is 19.8. The predicted molar refractivity (Wildman–Crippen MR) is 195 cm³/mol. The molecule has 2 fully saturated rings. The number of sulfonamides is 2. The highest BCUT2D eigenvalue weighted by atomic mass is 35.5. The molecule has 2 aliphatic rings. The van der Waals surface area contributed by atoms with Gasteiger partial charge in [-0.1, -0.05) is 47.5 Å². The maximum Gasteiger partial charge on any atom is 0.252 e. The van der Waals surface area contributed by atoms with Crippen LogP contribution in [0.2, 0.25) is 8.67 Å². The molecular formula is C33H34Cl2N4O6S4. The van der Waals surface area contributed by atoms with Crippen LogP contribution >= 0.6 is 45.9 Å². The fourth-order valence-corrected chi connectivity index (χ4v) is 12.2. The molecule has 0 unspecified atom stereocenters. The lowest BCUT2D eigenvalue weighted by molar-refractivity contribution is -0.121. The Bertz CT molecular complexity index is 1870. The van der Waals surface area contributed by atoms with Gasteiger partial charge in [0.2, 0.25) is 11.8 Å². The van der Waals surface area contributed by atoms with E-state index >= 15 is 0 Å². The smallest absolute Gasteiger partial charge is 0.252 e. The van der Waals surface area contributed by atoms with Gasteiger partial charge in [-0.3, -0.25) is 9.59 Å². The quantitative estimate of drug-likeness (QED) is 0.182. The van der Waals surface area contributed by atoms with E-state index in [1.807, 2.05) is 48.5 Å². The zero-order valence-electron chi connectivity index (χ0n) is 26.2. The summed E-state index contributed by atoms with van der Waals surface area (Å²) < 4.78 is 55.5. The third kappa shape index (κ3) is 8.56. The molecule has 2 aromatic carbocycles. The SMILES string of the molecule is O=C(Nc1ccc(Cc2ccc(NC(=O)C3CCN(S(=O)(=O)c4ccc(Cl)s4)CC3)cc2)cc1)C1CCN(S(=O)(=O)c2ccc(Cl)s2)CC1. The summed E-state index contributed by atoms with van der Waals surface area (Å²) in [5, 5.41) is 5.93. The first-order valence-corrected chi connectivity index (χ1v) is 21.0. The normalized spacial score (nSPS) is 17.2. The predicted octanol–water partition coefficient (Wildman–Crippen LogP) is 6.79. The van der Waals surface area contributed by atoms with Crippen molar-refractivity contribution in [1.29, 1.82) is 0 Å². The molecule has 0 radical (unpaired) electrons. The summed E-state index contributed by atoms with van der Waals surface area (Å²) in [6, 6.07) is 21.4. The van der Waals surface area contributed by atoms with Gasteiger partial charge in [-0.2, -0.15) is 8.61 Å². The number of nitrogens with one attached hydrogen (secondary N) is 2. The van der Waals surface area contributed by atoms with Crippen LogP contribution in [0.3, 0.4) is 0 Å². The maximum absolute atomic E-state index is 12.9. The number of anilines is 2. The van der Waals surface area contributed by atoms with Gasteiger partial charge in [0, 0.05) is 49.4 Å². The molecule has 0 bridgehead atoms. The molecule has 16 heteroatoms. The van der Waals surface area contributed by atoms with Crippen LogP contribution in [-0.4, -0.2) is 63.4 Å². The third-order valence-electron chi connectivity index (χ3n) is 8.79. The van der Waals surface area contributed by atoms with E-state index < -0.39 is 20.0 Å². The van der Waals surface area contributed by atoms with Crippen molar-refractivity contribution in [2.45, 2.75) is 40.5 Å². The monoisotopic (exact) mass is 780 g/mol. The van der Waals surface area contributed by atoms with Gasteiger partial charge in [-0.15, -0.1) is 22.7 Å². The fourth-order valence-electron chi connectivity index (χ4n) is 5.98. The lowest BCUT2D eigenvalue weighted by Crippen LogP contribution is -2.41. The molecule has 2 amide bonds. The summed E-state index contributed by atoms with van der Waals surface area (Å²) >= 11 is 13.9. The molecule has 0 atom stereocenters. The minimum Gasteiger partial charge on any atom is -0.326 e. The number of hydrogen-bond donors (Lipinski definition) is 2. The van der Waals surface area contributed by atoms with Crippen LogP contribution in [-0.2, 0) is 36.1 Å². The molecule has 0 saturated carbocycles. The van der Waals surface area contributed by atoms with Crippen molar-refractivity contribution >= 4 is 89.1 Å². The molecule has 49 heavy (non-hydrogen) atoms. The van der Waals surface area contributed by atoms with Crippen LogP contribution in [0.4, 0.5) is 11.4 Å². The zero-order chi connectivity index (χ0) is 34.8. The van der Waals surface area contributed by atoms with Crippen LogP contribution in [0, 0.1) is 11.8 Å². The van der Waals surface area contributed by atoms with Gasteiger partial charge in [-0.05, 0) is 91.8 Å². The number of thiophene rings is 2. The van der Waals surface area contributed by atoms with E-state index in [0.717, 1.165) is 33.8 Å². The summed E-state index contributed by atoms with van der Waals surface area (Å²) in [4.78, 5) is 25.9. The molecule has 10 nitrogen and oxygen atoms in total. The number of carbonyl (C=O) groups is 2. The average Bonchev–Trinajstić information content (AvgIpc) is 3.75. The van der Waals surface area contributed by atoms with Crippen molar-refractivity contribution in [3.05, 3.63) is 92.6 Å². The van der Waals surface area contributed by atoms with Crippen LogP contribution in [0.5, 0.6) is 0 Å². The summed E-state index contributed by atoms with van der Waals surface area (Å²) in [5.74, 6) is -0.808. The number of amides is 2. The molecule has 260 valence electrons. The standard InChI is InChI=1S/C33H34Cl2N4O6S4/c34-28-9-11-30(46-28)48(42,43)38-17-13-24(14-18-38)32(40)36-26-5-1-22(2-6-26)21-23-3-7-27(8-4-23)37-33(41)25-15-19-39(20-16-25)49(44,45)31-12-10-29(35)47-31/h1-12,24-25H,13-21H2,(H,36,40)(H,37,41). The first kappa shape index (κ1) is 36.0. The van der Waals surface area contributed by atoms with Gasteiger partial charge in [0.1, 0.15) is 8.42 Å². The number of piperidine rings is 2. The molecule has 4 aromatic rings. The molecular weight excluding hydrogens is 748 g/mol. The Kier molecular flexibility index (Phi) is 11.2. The van der Waals surface area contributed by atoms with Gasteiger partial charge in [0.15, 0.2) is 0 Å². The Morgan fingerprint density at radius 2 is 0.939 bits per heavy atom. The molecule has 0 aliphatic carbocycles. The maximum atomic E-state index is 12.9. The summed E-state index contributed by atoms with van der Waals surface area (Å²) in [6.07, 6.45) is 2.42. The molecule has 0 spiro atoms. The Balaban J connectivity index is 0.941. The first-order chi connectivity index (χ1) is 23.4. The Morgan fingerprint density at radius 3 is 1.24 bits per heavy atom. The molecule has 2 aliphatic heterocycles. The Hall–Kier alpha value is -2.82. The van der Waals surface area contributed by atoms with Crippen LogP contribution in [0.25, 0.3) is 0 Å². The van der Waals surface area contributed by atoms with E-state index in [4.69, 9.17) is 23.2 Å². The highest BCUT2D eigenvalue weighted by Gasteiger charge is 2.34. The van der Waals surface area contributed by atoms with E-state index in [1.165, 1.54) is 20.7 Å². The Labute approximate surface area is 304 Å². The van der Waals surface area contributed by atoms with Crippen LogP contribution in [0.1, 0.15) is 36.8 Å². The highest BCUT2D eigenvalue weighted by Crippen LogP contribution is 2.32. The fraction of sp³-hybridized carbons (Fsp3) is 0.333. The van der Waals surface area contributed by atoms with Crippen molar-refractivity contribution in [2.24, 2.45) is 11.8 Å². The number of carbonyl (C=O) groups excluding carboxylic acids is 2. The van der Waals surface area contributed by atoms with Gasteiger partial charge in [0.25, 0.3) is 20.0 Å². The second kappa shape index (κ2) is 15.2. The van der Waals surface area contributed by atoms with Gasteiger partial charge in [0.05, 0.1) is 8.67 Å². The summed E-state index contributed by atoms with van der Waals surface area (Å²) in [6.45, 7) is 1.09. The van der Waals surface area contributed by atoms with Crippen molar-refractivity contribution in [3.63, 3.8) is 0 Å². The molecule has 2 aromatic heterocycles. The van der Waals surface area contributed by atoms with E-state index in [2.05, 4.69) is 10.6 Å². The second-order valence-electron chi connectivity index (χ2n) is 12.0. The first-order valence-electron chi connectivity index (χ1n) is 15.7. The van der Waals surface area contributed by atoms with E-state index in [0.29, 0.717) is 52.2 Å². The lowest BCUT2D eigenvalue weighted by atomic mass is 9.97. The summed E-state index contributed by atoms with van der Waals surface area (Å²) in [7, 11) is -7.22. The lowest BCUT2D eigenvalue weighted by Gasteiger charge is -2.30. The number of rotatable bonds is 10. The minimum absolute atomic E-state index is 0.124. The average molecular weight is 782 g/mol. The van der Waals surface area contributed by atoms with E-state index in [-0.39, 0.29) is 58.2 Å². The number of benzene rings is 2. The van der Waals surface area contributed by atoms with E-state index in [1.54, 1.807) is 12.1 Å². The van der Waals surface area contributed by atoms with Gasteiger partial charge in [-0.25, -0.2) is 16.8 Å². The summed E-state index contributed by atoms with van der Waals surface area (Å²) in [5.41, 5.74) is 3.45.